The van der Waals surface area contributed by atoms with Gasteiger partial charge in [0.2, 0.25) is 0 Å². The number of benzene rings is 1. The summed E-state index contributed by atoms with van der Waals surface area (Å²) in [5.74, 6) is -0.00707. The number of fused-ring (bicyclic) bond motifs is 1. The lowest BCUT2D eigenvalue weighted by Crippen LogP contribution is -2.25. The lowest BCUT2D eigenvalue weighted by Gasteiger charge is -2.08. The molecule has 4 nitrogen and oxygen atoms in total. The van der Waals surface area contributed by atoms with E-state index in [1.165, 1.54) is 23.5 Å². The van der Waals surface area contributed by atoms with Crippen molar-refractivity contribution in [1.29, 1.82) is 0 Å². The van der Waals surface area contributed by atoms with Crippen molar-refractivity contribution in [3.05, 3.63) is 28.9 Å². The zero-order chi connectivity index (χ0) is 14.8. The highest BCUT2D eigenvalue weighted by atomic mass is 32.1. The van der Waals surface area contributed by atoms with Crippen LogP contribution < -0.4 is 11.1 Å². The van der Waals surface area contributed by atoms with Crippen molar-refractivity contribution >= 4 is 33.0 Å². The predicted molar refractivity (Wildman–Crippen MR) is 82.1 cm³/mol. The van der Waals surface area contributed by atoms with Crippen LogP contribution in [0.4, 0.5) is 10.1 Å². The number of anilines is 1. The molecule has 3 rings (SSSR count). The number of hydrogen-bond donors (Lipinski definition) is 2. The van der Waals surface area contributed by atoms with Gasteiger partial charge in [-0.15, -0.1) is 11.3 Å². The van der Waals surface area contributed by atoms with E-state index in [0.717, 1.165) is 30.8 Å². The number of carbonyl (C=O) groups excluding carboxylic acids is 1. The molecule has 21 heavy (non-hydrogen) atoms. The Morgan fingerprint density at radius 1 is 1.52 bits per heavy atom. The summed E-state index contributed by atoms with van der Waals surface area (Å²) in [5, 5.41) is 3.49. The molecule has 1 unspecified atom stereocenters. The normalized spacial score (nSPS) is 18.2. The number of thiophene rings is 1. The van der Waals surface area contributed by atoms with Gasteiger partial charge >= 0.3 is 0 Å². The Labute approximate surface area is 126 Å². The van der Waals surface area contributed by atoms with Crippen molar-refractivity contribution in [3.8, 4) is 0 Å². The Balaban J connectivity index is 1.67. The summed E-state index contributed by atoms with van der Waals surface area (Å²) in [7, 11) is 0. The van der Waals surface area contributed by atoms with Gasteiger partial charge in [-0.05, 0) is 37.0 Å². The smallest absolute Gasteiger partial charge is 0.263 e. The lowest BCUT2D eigenvalue weighted by molar-refractivity contribution is 0.0955. The zero-order valence-electron chi connectivity index (χ0n) is 11.5. The first-order valence-corrected chi connectivity index (χ1v) is 7.80. The van der Waals surface area contributed by atoms with Crippen LogP contribution >= 0.6 is 11.3 Å². The molecule has 2 aromatic rings. The maximum atomic E-state index is 13.2. The number of amides is 1. The summed E-state index contributed by atoms with van der Waals surface area (Å²) >= 11 is 1.29. The van der Waals surface area contributed by atoms with E-state index in [2.05, 4.69) is 5.32 Å². The Kier molecular flexibility index (Phi) is 4.07. The van der Waals surface area contributed by atoms with E-state index in [1.54, 1.807) is 6.07 Å². The molecule has 0 spiro atoms. The van der Waals surface area contributed by atoms with Crippen LogP contribution in [0.5, 0.6) is 0 Å². The van der Waals surface area contributed by atoms with E-state index in [9.17, 15) is 9.18 Å². The van der Waals surface area contributed by atoms with Gasteiger partial charge in [0.25, 0.3) is 5.91 Å². The highest BCUT2D eigenvalue weighted by Gasteiger charge is 2.18. The molecular formula is C15H17FN2O2S. The summed E-state index contributed by atoms with van der Waals surface area (Å²) in [6, 6.07) is 4.40. The molecule has 0 radical (unpaired) electrons. The molecule has 1 amide bonds. The number of rotatable bonds is 4. The molecule has 1 saturated heterocycles. The fourth-order valence-corrected chi connectivity index (χ4v) is 3.56. The fourth-order valence-electron chi connectivity index (χ4n) is 2.54. The van der Waals surface area contributed by atoms with Crippen LogP contribution in [0, 0.1) is 11.7 Å². The van der Waals surface area contributed by atoms with Gasteiger partial charge in [-0.3, -0.25) is 4.79 Å². The fraction of sp³-hybridized carbons (Fsp3) is 0.400. The maximum absolute atomic E-state index is 13.2. The van der Waals surface area contributed by atoms with Crippen LogP contribution in [0.15, 0.2) is 18.2 Å². The average Bonchev–Trinajstić information content (AvgIpc) is 3.08. The molecule has 1 aromatic heterocycles. The SMILES string of the molecule is Nc1c(C(=O)NCCC2CCOC2)sc2ccc(F)cc12. The first-order chi connectivity index (χ1) is 10.1. The number of carbonyl (C=O) groups is 1. The molecule has 1 fully saturated rings. The highest BCUT2D eigenvalue weighted by Crippen LogP contribution is 2.33. The monoisotopic (exact) mass is 308 g/mol. The average molecular weight is 308 g/mol. The number of ether oxygens (including phenoxy) is 1. The minimum absolute atomic E-state index is 0.187. The molecule has 0 aliphatic carbocycles. The van der Waals surface area contributed by atoms with Crippen molar-refractivity contribution in [3.63, 3.8) is 0 Å². The van der Waals surface area contributed by atoms with Crippen LogP contribution in [-0.2, 0) is 4.74 Å². The van der Waals surface area contributed by atoms with Crippen molar-refractivity contribution in [1.82, 2.24) is 5.32 Å². The van der Waals surface area contributed by atoms with Crippen LogP contribution in [-0.4, -0.2) is 25.7 Å². The molecule has 1 aliphatic rings. The van der Waals surface area contributed by atoms with Gasteiger partial charge < -0.3 is 15.8 Å². The standard InChI is InChI=1S/C15H17FN2O2S/c16-10-1-2-12-11(7-10)13(17)14(21-12)15(19)18-5-3-9-4-6-20-8-9/h1-2,7,9H,3-6,8,17H2,(H,18,19). The largest absolute Gasteiger partial charge is 0.397 e. The molecule has 0 saturated carbocycles. The van der Waals surface area contributed by atoms with Crippen molar-refractivity contribution in [2.75, 3.05) is 25.5 Å². The zero-order valence-corrected chi connectivity index (χ0v) is 12.3. The summed E-state index contributed by atoms with van der Waals surface area (Å²) in [6.07, 6.45) is 1.96. The van der Waals surface area contributed by atoms with Gasteiger partial charge in [-0.25, -0.2) is 4.39 Å². The molecule has 112 valence electrons. The van der Waals surface area contributed by atoms with E-state index in [4.69, 9.17) is 10.5 Å². The van der Waals surface area contributed by atoms with E-state index in [0.29, 0.717) is 28.4 Å². The quantitative estimate of drug-likeness (QED) is 0.913. The van der Waals surface area contributed by atoms with Crippen LogP contribution in [0.3, 0.4) is 0 Å². The molecule has 1 aromatic carbocycles. The predicted octanol–water partition coefficient (Wildman–Crippen LogP) is 2.78. The van der Waals surface area contributed by atoms with Crippen LogP contribution in [0.1, 0.15) is 22.5 Å². The molecule has 2 heterocycles. The summed E-state index contributed by atoms with van der Waals surface area (Å²) in [5.41, 5.74) is 6.32. The van der Waals surface area contributed by atoms with Gasteiger partial charge in [-0.2, -0.15) is 0 Å². The third-order valence-electron chi connectivity index (χ3n) is 3.76. The number of hydrogen-bond acceptors (Lipinski definition) is 4. The molecule has 6 heteroatoms. The topological polar surface area (TPSA) is 64.4 Å². The Morgan fingerprint density at radius 2 is 2.38 bits per heavy atom. The van der Waals surface area contributed by atoms with E-state index >= 15 is 0 Å². The second-order valence-corrected chi connectivity index (χ2v) is 6.31. The summed E-state index contributed by atoms with van der Waals surface area (Å²) in [4.78, 5) is 12.6. The van der Waals surface area contributed by atoms with Gasteiger partial charge in [0.15, 0.2) is 0 Å². The van der Waals surface area contributed by atoms with Gasteiger partial charge in [-0.1, -0.05) is 0 Å². The first kappa shape index (κ1) is 14.3. The van der Waals surface area contributed by atoms with Crippen molar-refractivity contribution < 1.29 is 13.9 Å². The minimum Gasteiger partial charge on any atom is -0.397 e. The number of nitrogens with one attached hydrogen (secondary N) is 1. The van der Waals surface area contributed by atoms with E-state index < -0.39 is 0 Å². The Morgan fingerprint density at radius 3 is 3.14 bits per heavy atom. The Bertz CT molecular complexity index is 665. The number of nitrogens with two attached hydrogens (primary N) is 1. The van der Waals surface area contributed by atoms with Crippen LogP contribution in [0.2, 0.25) is 0 Å². The minimum atomic E-state index is -0.347. The second-order valence-electron chi connectivity index (χ2n) is 5.26. The van der Waals surface area contributed by atoms with E-state index in [1.807, 2.05) is 0 Å². The van der Waals surface area contributed by atoms with E-state index in [-0.39, 0.29) is 11.7 Å². The summed E-state index contributed by atoms with van der Waals surface area (Å²) < 4.78 is 19.4. The number of nitrogen functional groups attached to an aromatic ring is 1. The maximum Gasteiger partial charge on any atom is 0.263 e. The summed E-state index contributed by atoms with van der Waals surface area (Å²) in [6.45, 7) is 2.20. The second kappa shape index (κ2) is 5.99. The van der Waals surface area contributed by atoms with Crippen molar-refractivity contribution in [2.24, 2.45) is 5.92 Å². The van der Waals surface area contributed by atoms with Crippen molar-refractivity contribution in [2.45, 2.75) is 12.8 Å². The molecule has 0 bridgehead atoms. The molecular weight excluding hydrogens is 291 g/mol. The molecule has 1 atom stereocenters. The Hall–Kier alpha value is -1.66. The highest BCUT2D eigenvalue weighted by molar-refractivity contribution is 7.21. The first-order valence-electron chi connectivity index (χ1n) is 6.98. The van der Waals surface area contributed by atoms with Gasteiger partial charge in [0.1, 0.15) is 10.7 Å². The van der Waals surface area contributed by atoms with Gasteiger partial charge in [0.05, 0.1) is 5.69 Å². The van der Waals surface area contributed by atoms with Crippen LogP contribution in [0.25, 0.3) is 10.1 Å². The third-order valence-corrected chi connectivity index (χ3v) is 4.94. The number of halogens is 1. The molecule has 3 N–H and O–H groups in total. The van der Waals surface area contributed by atoms with Gasteiger partial charge in [0, 0.05) is 29.8 Å². The third kappa shape index (κ3) is 3.01. The lowest BCUT2D eigenvalue weighted by atomic mass is 10.1. The molecule has 1 aliphatic heterocycles.